The fourth-order valence-corrected chi connectivity index (χ4v) is 3.47. The molecule has 39 heavy (non-hydrogen) atoms. The van der Waals surface area contributed by atoms with Crippen molar-refractivity contribution in [2.45, 2.75) is 44.9 Å². The Kier molecular flexibility index (Phi) is 12.2. The number of carbonyl (C=O) groups is 2. The Hall–Kier alpha value is -4.18. The zero-order valence-electron chi connectivity index (χ0n) is 21.0. The fourth-order valence-electron chi connectivity index (χ4n) is 3.21. The average Bonchev–Trinajstić information content (AvgIpc) is 2.86. The maximum Gasteiger partial charge on any atom is 0.280 e. The van der Waals surface area contributed by atoms with Crippen molar-refractivity contribution in [2.75, 3.05) is 36.0 Å². The van der Waals surface area contributed by atoms with Crippen molar-refractivity contribution in [1.29, 1.82) is 10.8 Å². The largest absolute Gasteiger partial charge is 0.382 e. The Morgan fingerprint density at radius 3 is 1.28 bits per heavy atom. The molecule has 0 aromatic carbocycles. The summed E-state index contributed by atoms with van der Waals surface area (Å²) in [6.45, 7) is 1.03. The maximum absolute atomic E-state index is 12.2. The molecule has 0 aliphatic heterocycles. The predicted molar refractivity (Wildman–Crippen MR) is 150 cm³/mol. The minimum atomic E-state index is -0.711. The van der Waals surface area contributed by atoms with Crippen LogP contribution in [0.3, 0.4) is 0 Å². The van der Waals surface area contributed by atoms with Crippen LogP contribution >= 0.6 is 23.2 Å². The van der Waals surface area contributed by atoms with E-state index in [0.29, 0.717) is 13.1 Å². The molecule has 0 spiro atoms. The summed E-state index contributed by atoms with van der Waals surface area (Å²) in [5.41, 5.74) is 21.8. The number of nitrogens with one attached hydrogen (secondary N) is 6. The molecule has 0 bridgehead atoms. The molecule has 0 fully saturated rings. The lowest BCUT2D eigenvalue weighted by Crippen LogP contribution is -2.41. The number of amides is 2. The van der Waals surface area contributed by atoms with Gasteiger partial charge in [-0.3, -0.25) is 31.0 Å². The summed E-state index contributed by atoms with van der Waals surface area (Å²) in [5, 5.41) is 25.7. The Bertz CT molecular complexity index is 1120. The molecule has 14 N–H and O–H groups in total. The molecular formula is C21H32Cl2N14O2. The molecule has 0 saturated heterocycles. The van der Waals surface area contributed by atoms with Gasteiger partial charge in [0.25, 0.3) is 11.8 Å². The summed E-state index contributed by atoms with van der Waals surface area (Å²) in [4.78, 5) is 39.4. The topological polar surface area (TPSA) is 286 Å². The normalized spacial score (nSPS) is 10.5. The van der Waals surface area contributed by atoms with Crippen LogP contribution in [-0.4, -0.2) is 56.8 Å². The van der Waals surface area contributed by atoms with Gasteiger partial charge in [-0.1, -0.05) is 55.3 Å². The first kappa shape index (κ1) is 31.0. The third kappa shape index (κ3) is 10.2. The summed E-state index contributed by atoms with van der Waals surface area (Å²) in [7, 11) is 0. The molecule has 0 aliphatic carbocycles. The molecule has 0 aliphatic rings. The Morgan fingerprint density at radius 1 is 0.590 bits per heavy atom. The van der Waals surface area contributed by atoms with Crippen LogP contribution in [-0.2, 0) is 0 Å². The number of carbonyl (C=O) groups excluding carboxylic acids is 2. The monoisotopic (exact) mass is 582 g/mol. The van der Waals surface area contributed by atoms with Crippen LogP contribution in [0.2, 0.25) is 10.3 Å². The van der Waals surface area contributed by atoms with E-state index in [1.807, 2.05) is 0 Å². The maximum atomic E-state index is 12.2. The zero-order valence-corrected chi connectivity index (χ0v) is 22.5. The summed E-state index contributed by atoms with van der Waals surface area (Å²) >= 11 is 11.5. The second-order valence-corrected chi connectivity index (χ2v) is 8.97. The minimum Gasteiger partial charge on any atom is -0.382 e. The number of aromatic nitrogens is 4. The van der Waals surface area contributed by atoms with E-state index in [0.717, 1.165) is 44.9 Å². The second-order valence-electron chi connectivity index (χ2n) is 8.25. The Labute approximate surface area is 234 Å². The first-order valence-corrected chi connectivity index (χ1v) is 12.7. The number of anilines is 4. The molecule has 16 nitrogen and oxygen atoms in total. The van der Waals surface area contributed by atoms with Crippen LogP contribution in [0.4, 0.5) is 23.3 Å². The van der Waals surface area contributed by atoms with E-state index >= 15 is 0 Å². The average molecular weight is 583 g/mol. The molecule has 2 aromatic heterocycles. The lowest BCUT2D eigenvalue weighted by molar-refractivity contribution is 0.0963. The SMILES string of the molecule is N=C(NCCCCCCCCCNC(=N)NC(=O)c1nc(Cl)c(N)nc1N)NC(=O)c1nc(Cl)c(N)nc1N. The van der Waals surface area contributed by atoms with Gasteiger partial charge in [0, 0.05) is 13.1 Å². The summed E-state index contributed by atoms with van der Waals surface area (Å²) < 4.78 is 0. The number of nitrogens with zero attached hydrogens (tertiary/aromatic N) is 4. The number of hydrogen-bond acceptors (Lipinski definition) is 12. The van der Waals surface area contributed by atoms with Gasteiger partial charge in [0.15, 0.2) is 56.9 Å². The molecule has 2 rings (SSSR count). The van der Waals surface area contributed by atoms with Crippen molar-refractivity contribution in [3.8, 4) is 0 Å². The van der Waals surface area contributed by atoms with Gasteiger partial charge >= 0.3 is 0 Å². The van der Waals surface area contributed by atoms with Crippen LogP contribution in [0.5, 0.6) is 0 Å². The molecule has 2 amide bonds. The number of nitrogens with two attached hydrogens (primary N) is 4. The van der Waals surface area contributed by atoms with Crippen molar-refractivity contribution < 1.29 is 9.59 Å². The van der Waals surface area contributed by atoms with E-state index in [1.165, 1.54) is 0 Å². The molecule has 18 heteroatoms. The molecular weight excluding hydrogens is 551 g/mol. The third-order valence-corrected chi connectivity index (χ3v) is 5.73. The van der Waals surface area contributed by atoms with Gasteiger partial charge in [-0.25, -0.2) is 19.9 Å². The second kappa shape index (κ2) is 15.3. The predicted octanol–water partition coefficient (Wildman–Crippen LogP) is 0.841. The molecule has 2 aromatic rings. The number of halogens is 2. The van der Waals surface area contributed by atoms with Gasteiger partial charge in [-0.2, -0.15) is 0 Å². The summed E-state index contributed by atoms with van der Waals surface area (Å²) in [6.07, 6.45) is 6.62. The van der Waals surface area contributed by atoms with E-state index in [2.05, 4.69) is 41.2 Å². The zero-order chi connectivity index (χ0) is 28.9. The van der Waals surface area contributed by atoms with Crippen molar-refractivity contribution in [3.05, 3.63) is 21.7 Å². The summed E-state index contributed by atoms with van der Waals surface area (Å²) in [6, 6.07) is 0. The fraction of sp³-hybridized carbons (Fsp3) is 0.429. The van der Waals surface area contributed by atoms with Gasteiger partial charge < -0.3 is 33.6 Å². The van der Waals surface area contributed by atoms with Crippen molar-refractivity contribution in [1.82, 2.24) is 41.2 Å². The molecule has 0 saturated carbocycles. The molecule has 2 heterocycles. The first-order chi connectivity index (χ1) is 18.5. The lowest BCUT2D eigenvalue weighted by Gasteiger charge is -2.11. The highest BCUT2D eigenvalue weighted by molar-refractivity contribution is 6.32. The van der Waals surface area contributed by atoms with E-state index in [-0.39, 0.29) is 56.9 Å². The van der Waals surface area contributed by atoms with Gasteiger partial charge in [0.1, 0.15) is 0 Å². The van der Waals surface area contributed by atoms with Gasteiger partial charge in [-0.05, 0) is 12.8 Å². The summed E-state index contributed by atoms with van der Waals surface area (Å²) in [5.74, 6) is -2.31. The van der Waals surface area contributed by atoms with Crippen molar-refractivity contribution >= 4 is 70.2 Å². The standard InChI is InChI=1S/C21H32Cl2N14O2/c22-12-16(26)34-14(24)10(32-12)18(38)36-20(28)30-8-6-4-2-1-3-5-7-9-31-21(29)37-19(39)11-15(25)35-17(27)13(23)33-11/h1-9H2,(H4,24,26,34)(H4,25,27,35)(H3,28,30,36,38)(H3,29,31,37,39). The Morgan fingerprint density at radius 2 is 0.923 bits per heavy atom. The first-order valence-electron chi connectivity index (χ1n) is 11.9. The lowest BCUT2D eigenvalue weighted by atomic mass is 10.1. The Balaban J connectivity index is 1.49. The number of hydrogen-bond donors (Lipinski definition) is 10. The van der Waals surface area contributed by atoms with E-state index < -0.39 is 11.8 Å². The third-order valence-electron chi connectivity index (χ3n) is 5.17. The van der Waals surface area contributed by atoms with Crippen LogP contribution in [0, 0.1) is 10.8 Å². The van der Waals surface area contributed by atoms with Crippen LogP contribution < -0.4 is 44.2 Å². The number of nitrogen functional groups attached to an aromatic ring is 4. The van der Waals surface area contributed by atoms with Crippen LogP contribution in [0.1, 0.15) is 65.9 Å². The molecule has 0 unspecified atom stereocenters. The van der Waals surface area contributed by atoms with E-state index in [1.54, 1.807) is 0 Å². The quantitative estimate of drug-likeness (QED) is 0.0945. The smallest absolute Gasteiger partial charge is 0.280 e. The van der Waals surface area contributed by atoms with Crippen molar-refractivity contribution in [3.63, 3.8) is 0 Å². The minimum absolute atomic E-state index is 0.0822. The van der Waals surface area contributed by atoms with E-state index in [9.17, 15) is 9.59 Å². The number of guanidine groups is 2. The van der Waals surface area contributed by atoms with E-state index in [4.69, 9.17) is 57.0 Å². The van der Waals surface area contributed by atoms with Crippen LogP contribution in [0.25, 0.3) is 0 Å². The van der Waals surface area contributed by atoms with Crippen molar-refractivity contribution in [2.24, 2.45) is 0 Å². The number of unbranched alkanes of at least 4 members (excludes halogenated alkanes) is 6. The van der Waals surface area contributed by atoms with Crippen LogP contribution in [0.15, 0.2) is 0 Å². The highest BCUT2D eigenvalue weighted by Gasteiger charge is 2.18. The van der Waals surface area contributed by atoms with Gasteiger partial charge in [0.2, 0.25) is 0 Å². The highest BCUT2D eigenvalue weighted by atomic mass is 35.5. The highest BCUT2D eigenvalue weighted by Crippen LogP contribution is 2.18. The molecule has 0 atom stereocenters. The number of rotatable bonds is 12. The van der Waals surface area contributed by atoms with Gasteiger partial charge in [-0.15, -0.1) is 0 Å². The van der Waals surface area contributed by atoms with Gasteiger partial charge in [0.05, 0.1) is 0 Å². The molecule has 0 radical (unpaired) electrons. The molecule has 212 valence electrons.